The van der Waals surface area contributed by atoms with Crippen LogP contribution in [0, 0.1) is 0 Å². The number of ether oxygens (including phenoxy) is 2. The van der Waals surface area contributed by atoms with Gasteiger partial charge in [-0.05, 0) is 49.2 Å². The van der Waals surface area contributed by atoms with E-state index in [-0.39, 0.29) is 18.0 Å². The predicted octanol–water partition coefficient (Wildman–Crippen LogP) is 2.56. The molecule has 1 aliphatic heterocycles. The Morgan fingerprint density at radius 3 is 2.60 bits per heavy atom. The normalized spacial score (nSPS) is 15.8. The van der Waals surface area contributed by atoms with Crippen LogP contribution in [-0.4, -0.2) is 52.4 Å². The van der Waals surface area contributed by atoms with Gasteiger partial charge in [-0.2, -0.15) is 0 Å². The summed E-state index contributed by atoms with van der Waals surface area (Å²) in [5.41, 5.74) is 2.80. The van der Waals surface area contributed by atoms with Gasteiger partial charge in [0.15, 0.2) is 11.5 Å². The second-order valence-corrected chi connectivity index (χ2v) is 8.78. The molecule has 3 N–H and O–H groups in total. The molecule has 0 aliphatic carbocycles. The third kappa shape index (κ3) is 3.87. The topological polar surface area (TPSA) is 113 Å². The van der Waals surface area contributed by atoms with E-state index >= 15 is 0 Å². The second-order valence-electron chi connectivity index (χ2n) is 8.78. The van der Waals surface area contributed by atoms with Crippen molar-refractivity contribution in [1.29, 1.82) is 0 Å². The molecule has 4 aromatic rings. The highest BCUT2D eigenvalue weighted by Gasteiger charge is 2.34. The van der Waals surface area contributed by atoms with Crippen molar-refractivity contribution >= 4 is 10.9 Å². The van der Waals surface area contributed by atoms with Gasteiger partial charge in [0.1, 0.15) is 5.56 Å². The molecule has 0 saturated carbocycles. The molecule has 9 heteroatoms. The first kappa shape index (κ1) is 22.8. The number of aromatic amines is 2. The van der Waals surface area contributed by atoms with E-state index in [0.29, 0.717) is 24.5 Å². The Morgan fingerprint density at radius 2 is 1.83 bits per heavy atom. The Balaban J connectivity index is 1.55. The molecule has 1 aliphatic rings. The van der Waals surface area contributed by atoms with Gasteiger partial charge >= 0.3 is 5.69 Å². The molecular formula is C26H28N4O5. The number of fused-ring (bicyclic) bond motifs is 3. The molecule has 0 bridgehead atoms. The number of aryl methyl sites for hydroxylation is 1. The van der Waals surface area contributed by atoms with Gasteiger partial charge in [0.05, 0.1) is 20.3 Å². The molecule has 0 saturated heterocycles. The van der Waals surface area contributed by atoms with Crippen molar-refractivity contribution in [3.63, 3.8) is 0 Å². The molecule has 0 fully saturated rings. The summed E-state index contributed by atoms with van der Waals surface area (Å²) in [6.45, 7) is 0.892. The van der Waals surface area contributed by atoms with Crippen molar-refractivity contribution in [2.24, 2.45) is 0 Å². The fraction of sp³-hybridized carbons (Fsp3) is 0.308. The van der Waals surface area contributed by atoms with Crippen LogP contribution in [0.4, 0.5) is 0 Å². The van der Waals surface area contributed by atoms with Crippen molar-refractivity contribution in [3.8, 4) is 17.4 Å². The van der Waals surface area contributed by atoms with Crippen LogP contribution in [0.3, 0.4) is 0 Å². The lowest BCUT2D eigenvalue weighted by molar-refractivity contribution is 0.250. The van der Waals surface area contributed by atoms with Crippen LogP contribution in [0.5, 0.6) is 17.4 Å². The van der Waals surface area contributed by atoms with Gasteiger partial charge in [-0.25, -0.2) is 4.79 Å². The zero-order chi connectivity index (χ0) is 24.7. The number of H-pyrrole nitrogens is 2. The van der Waals surface area contributed by atoms with Gasteiger partial charge in [-0.15, -0.1) is 0 Å². The summed E-state index contributed by atoms with van der Waals surface area (Å²) < 4.78 is 11.9. The third-order valence-corrected chi connectivity index (χ3v) is 6.83. The smallest absolute Gasteiger partial charge is 0.331 e. The first-order chi connectivity index (χ1) is 16.9. The van der Waals surface area contributed by atoms with Crippen LogP contribution in [-0.2, 0) is 19.4 Å². The van der Waals surface area contributed by atoms with Crippen molar-refractivity contribution in [1.82, 2.24) is 19.4 Å². The number of likely N-dealkylation sites (N-methyl/N-ethyl adjacent to an activating group) is 1. The number of benzene rings is 2. The maximum Gasteiger partial charge on any atom is 0.331 e. The summed E-state index contributed by atoms with van der Waals surface area (Å²) in [5.74, 6) is 0.874. The minimum Gasteiger partial charge on any atom is -0.494 e. The van der Waals surface area contributed by atoms with Crippen molar-refractivity contribution in [3.05, 3.63) is 85.7 Å². The van der Waals surface area contributed by atoms with Gasteiger partial charge in [-0.1, -0.05) is 24.3 Å². The highest BCUT2D eigenvalue weighted by molar-refractivity contribution is 5.85. The maximum atomic E-state index is 13.0. The summed E-state index contributed by atoms with van der Waals surface area (Å²) in [6, 6.07) is 13.0. The van der Waals surface area contributed by atoms with E-state index in [2.05, 4.69) is 16.0 Å². The van der Waals surface area contributed by atoms with Gasteiger partial charge in [0.2, 0.25) is 5.88 Å². The molecule has 35 heavy (non-hydrogen) atoms. The molecule has 2 aromatic carbocycles. The lowest BCUT2D eigenvalue weighted by Crippen LogP contribution is -2.40. The lowest BCUT2D eigenvalue weighted by atomic mass is 9.94. The van der Waals surface area contributed by atoms with Crippen LogP contribution in [0.15, 0.2) is 52.1 Å². The molecule has 1 unspecified atom stereocenters. The number of nitrogens with zero attached hydrogens (tertiary/aromatic N) is 2. The van der Waals surface area contributed by atoms with E-state index in [1.54, 1.807) is 20.3 Å². The molecule has 2 aromatic heterocycles. The maximum absolute atomic E-state index is 13.0. The predicted molar refractivity (Wildman–Crippen MR) is 133 cm³/mol. The Bertz CT molecular complexity index is 1520. The molecule has 1 atom stereocenters. The highest BCUT2D eigenvalue weighted by atomic mass is 16.5. The van der Waals surface area contributed by atoms with Crippen molar-refractivity contribution in [2.45, 2.75) is 25.4 Å². The molecule has 0 amide bonds. The number of aromatic nitrogens is 3. The summed E-state index contributed by atoms with van der Waals surface area (Å²) in [7, 11) is 5.04. The Kier molecular flexibility index (Phi) is 5.86. The molecule has 5 rings (SSSR count). The molecular weight excluding hydrogens is 448 g/mol. The molecule has 0 spiro atoms. The molecule has 0 radical (unpaired) electrons. The lowest BCUT2D eigenvalue weighted by Gasteiger charge is -2.33. The number of aromatic hydroxyl groups is 1. The molecule has 3 heterocycles. The van der Waals surface area contributed by atoms with Crippen molar-refractivity contribution < 1.29 is 14.6 Å². The summed E-state index contributed by atoms with van der Waals surface area (Å²) >= 11 is 0. The van der Waals surface area contributed by atoms with Crippen LogP contribution < -0.4 is 20.7 Å². The highest BCUT2D eigenvalue weighted by Crippen LogP contribution is 2.38. The van der Waals surface area contributed by atoms with E-state index in [9.17, 15) is 14.7 Å². The Hall–Kier alpha value is -3.98. The van der Waals surface area contributed by atoms with Crippen molar-refractivity contribution in [2.75, 3.05) is 27.8 Å². The van der Waals surface area contributed by atoms with Crippen LogP contribution in [0.25, 0.3) is 10.9 Å². The number of hydrogen-bond donors (Lipinski definition) is 3. The fourth-order valence-corrected chi connectivity index (χ4v) is 5.03. The Labute approximate surface area is 201 Å². The minimum atomic E-state index is -0.646. The van der Waals surface area contributed by atoms with E-state index in [4.69, 9.17) is 9.47 Å². The van der Waals surface area contributed by atoms with Crippen LogP contribution >= 0.6 is 0 Å². The average Bonchev–Trinajstić information content (AvgIpc) is 3.23. The number of methoxy groups -OCH3 is 2. The number of rotatable bonds is 6. The van der Waals surface area contributed by atoms with E-state index in [1.165, 1.54) is 4.57 Å². The number of para-hydroxylation sites is 1. The van der Waals surface area contributed by atoms with E-state index in [0.717, 1.165) is 34.1 Å². The van der Waals surface area contributed by atoms with Crippen LogP contribution in [0.2, 0.25) is 0 Å². The van der Waals surface area contributed by atoms with Crippen LogP contribution in [0.1, 0.15) is 28.4 Å². The molecule has 182 valence electrons. The SMILES string of the molecule is COc1ccc(CCn2c(O)c(C3c4[nH]c5ccccc5c4CCN3C)c(=O)[nH]c2=O)cc1OC. The van der Waals surface area contributed by atoms with Gasteiger partial charge in [0, 0.05) is 29.7 Å². The van der Waals surface area contributed by atoms with E-state index < -0.39 is 17.3 Å². The standard InChI is InChI=1S/C26H28N4O5/c1-29-12-11-17-16-6-4-5-7-18(16)27-22(17)23(29)21-24(31)28-26(33)30(25(21)32)13-10-15-8-9-19(34-2)20(14-15)35-3/h4-9,14,23,27,32H,10-13H2,1-3H3,(H,28,31,33). The summed E-state index contributed by atoms with van der Waals surface area (Å²) in [5, 5.41) is 12.3. The number of nitrogens with one attached hydrogen (secondary N) is 2. The second kappa shape index (κ2) is 8.99. The molecule has 9 nitrogen and oxygen atoms in total. The zero-order valence-electron chi connectivity index (χ0n) is 19.9. The average molecular weight is 477 g/mol. The fourth-order valence-electron chi connectivity index (χ4n) is 5.03. The first-order valence-corrected chi connectivity index (χ1v) is 11.5. The van der Waals surface area contributed by atoms with E-state index in [1.807, 2.05) is 42.3 Å². The van der Waals surface area contributed by atoms with Gasteiger partial charge < -0.3 is 19.6 Å². The summed E-state index contributed by atoms with van der Waals surface area (Å²) in [6.07, 6.45) is 1.27. The van der Waals surface area contributed by atoms with Gasteiger partial charge in [-0.3, -0.25) is 19.2 Å². The number of hydrogen-bond acceptors (Lipinski definition) is 6. The summed E-state index contributed by atoms with van der Waals surface area (Å²) in [4.78, 5) is 33.6. The first-order valence-electron chi connectivity index (χ1n) is 11.5. The minimum absolute atomic E-state index is 0.159. The monoisotopic (exact) mass is 476 g/mol. The quantitative estimate of drug-likeness (QED) is 0.394. The van der Waals surface area contributed by atoms with Gasteiger partial charge in [0.25, 0.3) is 5.56 Å². The largest absolute Gasteiger partial charge is 0.494 e. The Morgan fingerprint density at radius 1 is 1.06 bits per heavy atom. The zero-order valence-corrected chi connectivity index (χ0v) is 19.9. The third-order valence-electron chi connectivity index (χ3n) is 6.83.